The van der Waals surface area contributed by atoms with Gasteiger partial charge in [-0.25, -0.2) is 14.3 Å². The van der Waals surface area contributed by atoms with Crippen molar-refractivity contribution in [3.8, 4) is 6.07 Å². The number of ether oxygens (including phenoxy) is 1. The van der Waals surface area contributed by atoms with Gasteiger partial charge in [0.1, 0.15) is 17.3 Å². The van der Waals surface area contributed by atoms with Gasteiger partial charge in [0.25, 0.3) is 0 Å². The predicted molar refractivity (Wildman–Crippen MR) is 59.6 cm³/mol. The number of aliphatic hydroxyl groups is 1. The number of aromatic nitrogens is 3. The van der Waals surface area contributed by atoms with E-state index in [2.05, 4.69) is 10.1 Å². The molecule has 0 saturated carbocycles. The van der Waals surface area contributed by atoms with Crippen molar-refractivity contribution in [1.29, 1.82) is 5.26 Å². The van der Waals surface area contributed by atoms with Crippen LogP contribution in [0.4, 0.5) is 0 Å². The van der Waals surface area contributed by atoms with Crippen molar-refractivity contribution in [2.45, 2.75) is 13.5 Å². The first kappa shape index (κ1) is 12.0. The summed E-state index contributed by atoms with van der Waals surface area (Å²) < 4.78 is 6.09. The second-order valence-electron chi connectivity index (χ2n) is 3.38. The first-order valence-corrected chi connectivity index (χ1v) is 5.27. The van der Waals surface area contributed by atoms with E-state index in [0.717, 1.165) is 0 Å². The van der Waals surface area contributed by atoms with Crippen LogP contribution in [0.5, 0.6) is 0 Å². The number of esters is 1. The normalized spacial score (nSPS) is 10.3. The largest absolute Gasteiger partial charge is 0.461 e. The lowest BCUT2D eigenvalue weighted by Crippen LogP contribution is -2.11. The molecule has 0 fully saturated rings. The van der Waals surface area contributed by atoms with Crippen molar-refractivity contribution in [3.05, 3.63) is 29.2 Å². The van der Waals surface area contributed by atoms with E-state index in [1.165, 1.54) is 16.8 Å². The Hall–Kier alpha value is -2.46. The Morgan fingerprint density at radius 3 is 3.06 bits per heavy atom. The molecule has 0 aliphatic carbocycles. The third-order valence-electron chi connectivity index (χ3n) is 2.34. The lowest BCUT2D eigenvalue weighted by molar-refractivity contribution is 0.0516. The highest BCUT2D eigenvalue weighted by Crippen LogP contribution is 2.15. The van der Waals surface area contributed by atoms with Crippen LogP contribution in [0.2, 0.25) is 0 Å². The van der Waals surface area contributed by atoms with E-state index in [-0.39, 0.29) is 29.2 Å². The van der Waals surface area contributed by atoms with E-state index in [1.54, 1.807) is 6.92 Å². The smallest absolute Gasteiger partial charge is 0.357 e. The Bertz CT molecular complexity index is 642. The number of nitrogens with zero attached hydrogens (tertiary/aromatic N) is 4. The zero-order valence-corrected chi connectivity index (χ0v) is 9.62. The second kappa shape index (κ2) is 4.81. The molecule has 7 nitrogen and oxygen atoms in total. The molecule has 0 radical (unpaired) electrons. The predicted octanol–water partition coefficient (Wildman–Crippen LogP) is 0.270. The lowest BCUT2D eigenvalue weighted by atomic mass is 10.2. The minimum atomic E-state index is -0.554. The first-order valence-electron chi connectivity index (χ1n) is 5.27. The molecule has 2 aromatic heterocycles. The molecule has 0 atom stereocenters. The number of aliphatic hydroxyl groups excluding tert-OH is 1. The molecule has 0 bridgehead atoms. The molecule has 0 aliphatic rings. The second-order valence-corrected chi connectivity index (χ2v) is 3.38. The SMILES string of the molecule is CCOC(=O)c1ccnc2c(C#N)c(CO)nn12. The minimum Gasteiger partial charge on any atom is -0.461 e. The van der Waals surface area contributed by atoms with Gasteiger partial charge < -0.3 is 9.84 Å². The Morgan fingerprint density at radius 1 is 1.67 bits per heavy atom. The molecular formula is C11H10N4O3. The number of hydrogen-bond acceptors (Lipinski definition) is 6. The van der Waals surface area contributed by atoms with E-state index >= 15 is 0 Å². The fraction of sp³-hybridized carbons (Fsp3) is 0.273. The summed E-state index contributed by atoms with van der Waals surface area (Å²) >= 11 is 0. The average molecular weight is 246 g/mol. The Balaban J connectivity index is 2.68. The Labute approximate surface area is 102 Å². The van der Waals surface area contributed by atoms with Gasteiger partial charge in [0.15, 0.2) is 11.3 Å². The molecule has 1 N–H and O–H groups in total. The summed E-state index contributed by atoms with van der Waals surface area (Å²) in [6, 6.07) is 3.35. The summed E-state index contributed by atoms with van der Waals surface area (Å²) in [6.45, 7) is 1.54. The summed E-state index contributed by atoms with van der Waals surface area (Å²) in [7, 11) is 0. The molecule has 0 aromatic carbocycles. The van der Waals surface area contributed by atoms with E-state index in [1.807, 2.05) is 6.07 Å². The highest BCUT2D eigenvalue weighted by atomic mass is 16.5. The number of carbonyl (C=O) groups excluding carboxylic acids is 1. The molecule has 18 heavy (non-hydrogen) atoms. The summed E-state index contributed by atoms with van der Waals surface area (Å²) in [6.07, 6.45) is 1.39. The molecule has 92 valence electrons. The van der Waals surface area contributed by atoms with Gasteiger partial charge in [-0.1, -0.05) is 0 Å². The van der Waals surface area contributed by atoms with E-state index in [0.29, 0.717) is 0 Å². The van der Waals surface area contributed by atoms with Gasteiger partial charge in [0, 0.05) is 6.20 Å². The maximum Gasteiger partial charge on any atom is 0.357 e. The fourth-order valence-electron chi connectivity index (χ4n) is 1.57. The van der Waals surface area contributed by atoms with Crippen molar-refractivity contribution >= 4 is 11.6 Å². The summed E-state index contributed by atoms with van der Waals surface area (Å²) in [5, 5.41) is 22.1. The quantitative estimate of drug-likeness (QED) is 0.780. The standard InChI is InChI=1S/C11H10N4O3/c1-2-18-11(17)9-3-4-13-10-7(5-12)8(6-16)14-15(9)10/h3-4,16H,2,6H2,1H3. The molecule has 0 aliphatic heterocycles. The maximum atomic E-state index is 11.7. The summed E-state index contributed by atoms with van der Waals surface area (Å²) in [5.74, 6) is -0.554. The van der Waals surface area contributed by atoms with E-state index < -0.39 is 12.6 Å². The van der Waals surface area contributed by atoms with Crippen molar-refractivity contribution in [2.24, 2.45) is 0 Å². The van der Waals surface area contributed by atoms with Crippen molar-refractivity contribution in [1.82, 2.24) is 14.6 Å². The van der Waals surface area contributed by atoms with Gasteiger partial charge in [0.05, 0.1) is 13.2 Å². The van der Waals surface area contributed by atoms with Gasteiger partial charge in [-0.05, 0) is 13.0 Å². The molecule has 7 heteroatoms. The topological polar surface area (TPSA) is 101 Å². The minimum absolute atomic E-state index is 0.156. The van der Waals surface area contributed by atoms with Crippen LogP contribution in [0.15, 0.2) is 12.3 Å². The van der Waals surface area contributed by atoms with Crippen LogP contribution in [-0.2, 0) is 11.3 Å². The van der Waals surface area contributed by atoms with Gasteiger partial charge in [-0.2, -0.15) is 10.4 Å². The highest BCUT2D eigenvalue weighted by molar-refractivity contribution is 5.88. The van der Waals surface area contributed by atoms with Crippen molar-refractivity contribution < 1.29 is 14.6 Å². The molecule has 0 spiro atoms. The van der Waals surface area contributed by atoms with Crippen LogP contribution >= 0.6 is 0 Å². The monoisotopic (exact) mass is 246 g/mol. The number of nitriles is 1. The van der Waals surface area contributed by atoms with Gasteiger partial charge in [0.2, 0.25) is 0 Å². The summed E-state index contributed by atoms with van der Waals surface area (Å²) in [4.78, 5) is 15.7. The number of fused-ring (bicyclic) bond motifs is 1. The molecule has 2 rings (SSSR count). The number of hydrogen-bond donors (Lipinski definition) is 1. The van der Waals surface area contributed by atoms with Crippen LogP contribution < -0.4 is 0 Å². The number of carbonyl (C=O) groups is 1. The molecule has 2 heterocycles. The third kappa shape index (κ3) is 1.78. The van der Waals surface area contributed by atoms with Crippen LogP contribution in [0.3, 0.4) is 0 Å². The fourth-order valence-corrected chi connectivity index (χ4v) is 1.57. The van der Waals surface area contributed by atoms with Gasteiger partial charge in [-0.3, -0.25) is 0 Å². The zero-order chi connectivity index (χ0) is 13.1. The van der Waals surface area contributed by atoms with Gasteiger partial charge in [-0.15, -0.1) is 0 Å². The lowest BCUT2D eigenvalue weighted by Gasteiger charge is -2.03. The van der Waals surface area contributed by atoms with Crippen molar-refractivity contribution in [3.63, 3.8) is 0 Å². The van der Waals surface area contributed by atoms with Crippen LogP contribution in [0.1, 0.15) is 28.7 Å². The van der Waals surface area contributed by atoms with Crippen LogP contribution in [0.25, 0.3) is 5.65 Å². The van der Waals surface area contributed by atoms with Crippen molar-refractivity contribution in [2.75, 3.05) is 6.61 Å². The Kier molecular flexibility index (Phi) is 3.21. The molecule has 0 saturated heterocycles. The molecule has 0 amide bonds. The highest BCUT2D eigenvalue weighted by Gasteiger charge is 2.18. The maximum absolute atomic E-state index is 11.7. The molecule has 0 unspecified atom stereocenters. The van der Waals surface area contributed by atoms with E-state index in [9.17, 15) is 4.79 Å². The van der Waals surface area contributed by atoms with E-state index in [4.69, 9.17) is 15.1 Å². The summed E-state index contributed by atoms with van der Waals surface area (Å²) in [5.41, 5.74) is 0.732. The first-order chi connectivity index (χ1) is 8.72. The van der Waals surface area contributed by atoms with Gasteiger partial charge >= 0.3 is 5.97 Å². The molecule has 2 aromatic rings. The van der Waals surface area contributed by atoms with Crippen LogP contribution in [0, 0.1) is 11.3 Å². The Morgan fingerprint density at radius 2 is 2.44 bits per heavy atom. The third-order valence-corrected chi connectivity index (χ3v) is 2.34. The number of rotatable bonds is 3. The van der Waals surface area contributed by atoms with Crippen LogP contribution in [-0.4, -0.2) is 32.3 Å². The average Bonchev–Trinajstić information content (AvgIpc) is 2.76. The molecular weight excluding hydrogens is 236 g/mol. The zero-order valence-electron chi connectivity index (χ0n) is 9.62.